The van der Waals surface area contributed by atoms with Crippen molar-refractivity contribution in [1.82, 2.24) is 4.90 Å². The Morgan fingerprint density at radius 3 is 2.21 bits per heavy atom. The Bertz CT molecular complexity index is 906. The first-order valence-electron chi connectivity index (χ1n) is 8.92. The van der Waals surface area contributed by atoms with Crippen LogP contribution in [0.5, 0.6) is 17.2 Å². The van der Waals surface area contributed by atoms with Crippen LogP contribution in [0.15, 0.2) is 40.9 Å². The van der Waals surface area contributed by atoms with Gasteiger partial charge in [-0.05, 0) is 11.6 Å². The van der Waals surface area contributed by atoms with Crippen LogP contribution in [0.25, 0.3) is 0 Å². The molecule has 1 aliphatic heterocycles. The van der Waals surface area contributed by atoms with Crippen LogP contribution < -0.4 is 14.2 Å². The van der Waals surface area contributed by atoms with Gasteiger partial charge >= 0.3 is 5.97 Å². The molecule has 29 heavy (non-hydrogen) atoms. The lowest BCUT2D eigenvalue weighted by Crippen LogP contribution is -2.59. The molecule has 2 aromatic carbocycles. The lowest BCUT2D eigenvalue weighted by molar-refractivity contribution is -0.184. The van der Waals surface area contributed by atoms with E-state index in [1.54, 1.807) is 24.1 Å². The predicted molar refractivity (Wildman–Crippen MR) is 109 cm³/mol. The minimum Gasteiger partial charge on any atom is -0.496 e. The highest BCUT2D eigenvalue weighted by molar-refractivity contribution is 9.10. The molecule has 2 aromatic rings. The second-order valence-electron chi connectivity index (χ2n) is 6.48. The predicted octanol–water partition coefficient (Wildman–Crippen LogP) is 3.49. The van der Waals surface area contributed by atoms with Gasteiger partial charge in [0.15, 0.2) is 0 Å². The minimum atomic E-state index is -0.953. The summed E-state index contributed by atoms with van der Waals surface area (Å²) in [6.45, 7) is 1.62. The zero-order chi connectivity index (χ0) is 21.1. The van der Waals surface area contributed by atoms with E-state index in [-0.39, 0.29) is 5.91 Å². The Labute approximate surface area is 177 Å². The summed E-state index contributed by atoms with van der Waals surface area (Å²) in [6, 6.07) is 10.5. The number of nitrogens with zero attached hydrogens (tertiary/aromatic N) is 1. The van der Waals surface area contributed by atoms with Crippen LogP contribution in [0.1, 0.15) is 24.1 Å². The lowest BCUT2D eigenvalue weighted by atomic mass is 9.88. The van der Waals surface area contributed by atoms with Gasteiger partial charge in [-0.15, -0.1) is 0 Å². The molecule has 0 aromatic heterocycles. The summed E-state index contributed by atoms with van der Waals surface area (Å²) in [5.41, 5.74) is 1.55. The fourth-order valence-corrected chi connectivity index (χ4v) is 3.84. The van der Waals surface area contributed by atoms with Crippen molar-refractivity contribution in [2.75, 3.05) is 21.3 Å². The van der Waals surface area contributed by atoms with E-state index in [1.807, 2.05) is 24.3 Å². The number of ether oxygens (including phenoxy) is 4. The fraction of sp³-hybridized carbons (Fsp3) is 0.333. The number of carbonyl (C=O) groups excluding carboxylic acids is 2. The maximum Gasteiger partial charge on any atom is 0.303 e. The van der Waals surface area contributed by atoms with Crippen molar-refractivity contribution in [3.8, 4) is 17.2 Å². The number of β-lactam (4-membered cyclic amide) rings is 1. The monoisotopic (exact) mass is 463 g/mol. The molecule has 2 atom stereocenters. The highest BCUT2D eigenvalue weighted by Gasteiger charge is 2.53. The SMILES string of the molecule is COc1cc(OC)c([C@@H]2[C@H](OC(C)=O)C(=O)N2Cc2ccccc2Br)c(OC)c1. The van der Waals surface area contributed by atoms with Crippen LogP contribution in [0, 0.1) is 0 Å². The molecule has 0 bridgehead atoms. The molecule has 0 aliphatic carbocycles. The molecule has 8 heteroatoms. The molecule has 1 heterocycles. The number of esters is 1. The molecule has 0 spiro atoms. The molecule has 1 aliphatic rings. The Morgan fingerprint density at radius 2 is 1.69 bits per heavy atom. The minimum absolute atomic E-state index is 0.277. The fourth-order valence-electron chi connectivity index (χ4n) is 3.43. The smallest absolute Gasteiger partial charge is 0.303 e. The van der Waals surface area contributed by atoms with Gasteiger partial charge in [0, 0.05) is 30.1 Å². The molecule has 0 radical (unpaired) electrons. The molecule has 1 amide bonds. The number of halogens is 1. The number of rotatable bonds is 7. The van der Waals surface area contributed by atoms with Crippen LogP contribution >= 0.6 is 15.9 Å². The Morgan fingerprint density at radius 1 is 1.07 bits per heavy atom. The van der Waals surface area contributed by atoms with E-state index in [0.717, 1.165) is 10.0 Å². The second-order valence-corrected chi connectivity index (χ2v) is 7.33. The van der Waals surface area contributed by atoms with Gasteiger partial charge in [-0.1, -0.05) is 34.1 Å². The van der Waals surface area contributed by atoms with Crippen LogP contribution in [-0.2, 0) is 20.9 Å². The highest BCUT2D eigenvalue weighted by atomic mass is 79.9. The number of benzene rings is 2. The molecule has 0 unspecified atom stereocenters. The Kier molecular flexibility index (Phi) is 6.32. The van der Waals surface area contributed by atoms with E-state index < -0.39 is 18.1 Å². The number of methoxy groups -OCH3 is 3. The zero-order valence-electron chi connectivity index (χ0n) is 16.6. The van der Waals surface area contributed by atoms with E-state index in [2.05, 4.69) is 15.9 Å². The molecular weight excluding hydrogens is 442 g/mol. The first kappa shape index (κ1) is 21.0. The van der Waals surface area contributed by atoms with E-state index >= 15 is 0 Å². The second kappa shape index (κ2) is 8.73. The summed E-state index contributed by atoms with van der Waals surface area (Å²) in [6.07, 6.45) is -0.953. The van der Waals surface area contributed by atoms with Crippen LogP contribution in [0.3, 0.4) is 0 Å². The molecule has 7 nitrogen and oxygen atoms in total. The summed E-state index contributed by atoms with van der Waals surface area (Å²) in [5.74, 6) is 0.705. The third kappa shape index (κ3) is 4.03. The van der Waals surface area contributed by atoms with Crippen molar-refractivity contribution in [2.24, 2.45) is 0 Å². The maximum absolute atomic E-state index is 12.8. The molecule has 1 fully saturated rings. The number of carbonyl (C=O) groups is 2. The Balaban J connectivity index is 2.07. The number of hydrogen-bond donors (Lipinski definition) is 0. The molecular formula is C21H22BrNO6. The number of likely N-dealkylation sites (tertiary alicyclic amines) is 1. The van der Waals surface area contributed by atoms with E-state index in [9.17, 15) is 9.59 Å². The number of hydrogen-bond acceptors (Lipinski definition) is 6. The highest BCUT2D eigenvalue weighted by Crippen LogP contribution is 2.48. The molecule has 154 valence electrons. The van der Waals surface area contributed by atoms with Crippen LogP contribution in [0.2, 0.25) is 0 Å². The third-order valence-electron chi connectivity index (χ3n) is 4.79. The van der Waals surface area contributed by atoms with Gasteiger partial charge in [-0.25, -0.2) is 0 Å². The van der Waals surface area contributed by atoms with Crippen LogP contribution in [-0.4, -0.2) is 44.2 Å². The van der Waals surface area contributed by atoms with Gasteiger partial charge in [0.05, 0.1) is 26.9 Å². The van der Waals surface area contributed by atoms with Crippen molar-refractivity contribution >= 4 is 27.8 Å². The standard InChI is InChI=1S/C21H22BrNO6/c1-12(24)29-20-19(18-16(27-3)9-14(26-2)10-17(18)28-4)23(21(20)25)11-13-7-5-6-8-15(13)22/h5-10,19-20H,11H2,1-4H3/t19-,20+/m1/s1. The normalized spacial score (nSPS) is 18.1. The first-order valence-corrected chi connectivity index (χ1v) is 9.71. The average Bonchev–Trinajstić information content (AvgIpc) is 2.72. The summed E-state index contributed by atoms with van der Waals surface area (Å²) in [5, 5.41) is 0. The zero-order valence-corrected chi connectivity index (χ0v) is 18.2. The summed E-state index contributed by atoms with van der Waals surface area (Å²) in [4.78, 5) is 26.1. The molecule has 3 rings (SSSR count). The largest absolute Gasteiger partial charge is 0.496 e. The van der Waals surface area contributed by atoms with Crippen molar-refractivity contribution in [1.29, 1.82) is 0 Å². The van der Waals surface area contributed by atoms with E-state index in [0.29, 0.717) is 29.4 Å². The topological polar surface area (TPSA) is 74.3 Å². The van der Waals surface area contributed by atoms with Crippen LogP contribution in [0.4, 0.5) is 0 Å². The molecule has 1 saturated heterocycles. The van der Waals surface area contributed by atoms with Crippen molar-refractivity contribution in [3.05, 3.63) is 52.0 Å². The molecule has 0 N–H and O–H groups in total. The van der Waals surface area contributed by atoms with Gasteiger partial charge in [0.25, 0.3) is 5.91 Å². The van der Waals surface area contributed by atoms with Gasteiger partial charge in [0.2, 0.25) is 6.10 Å². The van der Waals surface area contributed by atoms with E-state index in [1.165, 1.54) is 21.1 Å². The molecule has 0 saturated carbocycles. The first-order chi connectivity index (χ1) is 13.9. The maximum atomic E-state index is 12.8. The van der Waals surface area contributed by atoms with Crippen molar-refractivity contribution in [2.45, 2.75) is 25.6 Å². The third-order valence-corrected chi connectivity index (χ3v) is 5.56. The number of amides is 1. The van der Waals surface area contributed by atoms with Gasteiger partial charge in [-0.2, -0.15) is 0 Å². The lowest BCUT2D eigenvalue weighted by Gasteiger charge is -2.46. The quantitative estimate of drug-likeness (QED) is 0.462. The summed E-state index contributed by atoms with van der Waals surface area (Å²) in [7, 11) is 4.59. The van der Waals surface area contributed by atoms with Crippen molar-refractivity contribution < 1.29 is 28.5 Å². The van der Waals surface area contributed by atoms with Gasteiger partial charge in [-0.3, -0.25) is 9.59 Å². The summed E-state index contributed by atoms with van der Waals surface area (Å²) >= 11 is 3.52. The Hall–Kier alpha value is -2.74. The van der Waals surface area contributed by atoms with E-state index in [4.69, 9.17) is 18.9 Å². The van der Waals surface area contributed by atoms with Gasteiger partial charge < -0.3 is 23.8 Å². The van der Waals surface area contributed by atoms with Gasteiger partial charge in [0.1, 0.15) is 23.3 Å². The average molecular weight is 464 g/mol. The van der Waals surface area contributed by atoms with Crippen molar-refractivity contribution in [3.63, 3.8) is 0 Å². The summed E-state index contributed by atoms with van der Waals surface area (Å²) < 4.78 is 22.6.